The van der Waals surface area contributed by atoms with Gasteiger partial charge < -0.3 is 14.6 Å². The van der Waals surface area contributed by atoms with Crippen molar-refractivity contribution in [3.05, 3.63) is 0 Å². The van der Waals surface area contributed by atoms with E-state index in [1.165, 1.54) is 0 Å². The molecular weight excluding hydrogens is 180 g/mol. The standard InChI is InChI=1S/C11H20O3/c12-11(10-3-6-14-8-10)7-9-1-4-13-5-2-9/h9-12H,1-8H2. The minimum atomic E-state index is -0.152. The Hall–Kier alpha value is -0.120. The van der Waals surface area contributed by atoms with Crippen LogP contribution in [0.2, 0.25) is 0 Å². The molecule has 0 saturated carbocycles. The summed E-state index contributed by atoms with van der Waals surface area (Å²) in [4.78, 5) is 0. The lowest BCUT2D eigenvalue weighted by Crippen LogP contribution is -2.26. The first-order valence-corrected chi connectivity index (χ1v) is 5.70. The lowest BCUT2D eigenvalue weighted by molar-refractivity contribution is 0.0252. The van der Waals surface area contributed by atoms with E-state index in [1.54, 1.807) is 0 Å². The summed E-state index contributed by atoms with van der Waals surface area (Å²) < 4.78 is 10.6. The van der Waals surface area contributed by atoms with Crippen LogP contribution < -0.4 is 0 Å². The third-order valence-electron chi connectivity index (χ3n) is 3.42. The monoisotopic (exact) mass is 200 g/mol. The SMILES string of the molecule is OC(CC1CCOCC1)C1CCOC1. The van der Waals surface area contributed by atoms with Gasteiger partial charge in [-0.05, 0) is 31.6 Å². The van der Waals surface area contributed by atoms with Crippen molar-refractivity contribution in [2.24, 2.45) is 11.8 Å². The van der Waals surface area contributed by atoms with E-state index in [9.17, 15) is 5.11 Å². The number of ether oxygens (including phenoxy) is 2. The van der Waals surface area contributed by atoms with E-state index < -0.39 is 0 Å². The molecule has 2 aliphatic heterocycles. The van der Waals surface area contributed by atoms with Crippen LogP contribution in [-0.2, 0) is 9.47 Å². The summed E-state index contributed by atoms with van der Waals surface area (Å²) in [5, 5.41) is 9.98. The second-order valence-electron chi connectivity index (χ2n) is 4.48. The summed E-state index contributed by atoms with van der Waals surface area (Å²) in [5.41, 5.74) is 0. The van der Waals surface area contributed by atoms with Gasteiger partial charge in [0.25, 0.3) is 0 Å². The topological polar surface area (TPSA) is 38.7 Å². The molecule has 2 unspecified atom stereocenters. The third-order valence-corrected chi connectivity index (χ3v) is 3.42. The summed E-state index contributed by atoms with van der Waals surface area (Å²) in [5.74, 6) is 1.05. The Morgan fingerprint density at radius 3 is 2.43 bits per heavy atom. The van der Waals surface area contributed by atoms with Crippen molar-refractivity contribution in [3.63, 3.8) is 0 Å². The highest BCUT2D eigenvalue weighted by atomic mass is 16.5. The molecule has 2 aliphatic rings. The van der Waals surface area contributed by atoms with Gasteiger partial charge in [0, 0.05) is 25.7 Å². The molecule has 0 aromatic rings. The third kappa shape index (κ3) is 2.69. The van der Waals surface area contributed by atoms with Gasteiger partial charge in [0.05, 0.1) is 12.7 Å². The molecule has 2 saturated heterocycles. The van der Waals surface area contributed by atoms with Crippen LogP contribution in [0.25, 0.3) is 0 Å². The largest absolute Gasteiger partial charge is 0.393 e. The zero-order chi connectivity index (χ0) is 9.80. The second kappa shape index (κ2) is 5.10. The first-order valence-electron chi connectivity index (χ1n) is 5.70. The molecule has 2 rings (SSSR count). The lowest BCUT2D eigenvalue weighted by atomic mass is 9.88. The molecule has 14 heavy (non-hydrogen) atoms. The molecule has 0 spiro atoms. The highest BCUT2D eigenvalue weighted by molar-refractivity contribution is 4.76. The molecular formula is C11H20O3. The van der Waals surface area contributed by atoms with E-state index >= 15 is 0 Å². The van der Waals surface area contributed by atoms with Crippen molar-refractivity contribution in [3.8, 4) is 0 Å². The number of hydrogen-bond donors (Lipinski definition) is 1. The maximum Gasteiger partial charge on any atom is 0.0593 e. The van der Waals surface area contributed by atoms with E-state index in [2.05, 4.69) is 0 Å². The van der Waals surface area contributed by atoms with Crippen LogP contribution in [-0.4, -0.2) is 37.6 Å². The Kier molecular flexibility index (Phi) is 3.79. The molecule has 0 aromatic heterocycles. The van der Waals surface area contributed by atoms with Crippen LogP contribution in [0.15, 0.2) is 0 Å². The molecule has 82 valence electrons. The van der Waals surface area contributed by atoms with Crippen LogP contribution in [0.4, 0.5) is 0 Å². The van der Waals surface area contributed by atoms with Crippen molar-refractivity contribution in [2.75, 3.05) is 26.4 Å². The number of rotatable bonds is 3. The fourth-order valence-electron chi connectivity index (χ4n) is 2.37. The highest BCUT2D eigenvalue weighted by Crippen LogP contribution is 2.26. The maximum atomic E-state index is 9.98. The van der Waals surface area contributed by atoms with E-state index in [4.69, 9.17) is 9.47 Å². The highest BCUT2D eigenvalue weighted by Gasteiger charge is 2.27. The predicted molar refractivity (Wildman–Crippen MR) is 53.1 cm³/mol. The fourth-order valence-corrected chi connectivity index (χ4v) is 2.37. The second-order valence-corrected chi connectivity index (χ2v) is 4.48. The average molecular weight is 200 g/mol. The van der Waals surface area contributed by atoms with Crippen LogP contribution >= 0.6 is 0 Å². The van der Waals surface area contributed by atoms with Gasteiger partial charge in [-0.2, -0.15) is 0 Å². The average Bonchev–Trinajstić information content (AvgIpc) is 2.72. The predicted octanol–water partition coefficient (Wildman–Crippen LogP) is 1.20. The van der Waals surface area contributed by atoms with Crippen molar-refractivity contribution < 1.29 is 14.6 Å². The molecule has 3 heteroatoms. The Bertz CT molecular complexity index is 160. The van der Waals surface area contributed by atoms with Gasteiger partial charge in [0.2, 0.25) is 0 Å². The first-order chi connectivity index (χ1) is 6.86. The molecule has 2 fully saturated rings. The van der Waals surface area contributed by atoms with Gasteiger partial charge in [0.15, 0.2) is 0 Å². The van der Waals surface area contributed by atoms with Crippen LogP contribution in [0, 0.1) is 11.8 Å². The Morgan fingerprint density at radius 2 is 1.79 bits per heavy atom. The number of aliphatic hydroxyl groups is 1. The van der Waals surface area contributed by atoms with Crippen molar-refractivity contribution in [1.82, 2.24) is 0 Å². The molecule has 0 bridgehead atoms. The van der Waals surface area contributed by atoms with Crippen LogP contribution in [0.1, 0.15) is 25.7 Å². The fraction of sp³-hybridized carbons (Fsp3) is 1.00. The van der Waals surface area contributed by atoms with E-state index in [0.717, 1.165) is 52.1 Å². The number of aliphatic hydroxyl groups excluding tert-OH is 1. The maximum absolute atomic E-state index is 9.98. The van der Waals surface area contributed by atoms with Crippen molar-refractivity contribution >= 4 is 0 Å². The van der Waals surface area contributed by atoms with Crippen molar-refractivity contribution in [1.29, 1.82) is 0 Å². The number of hydrogen-bond acceptors (Lipinski definition) is 3. The van der Waals surface area contributed by atoms with E-state index in [0.29, 0.717) is 11.8 Å². The molecule has 0 aliphatic carbocycles. The van der Waals surface area contributed by atoms with Gasteiger partial charge in [-0.25, -0.2) is 0 Å². The Labute approximate surface area is 85.4 Å². The molecule has 3 nitrogen and oxygen atoms in total. The summed E-state index contributed by atoms with van der Waals surface area (Å²) in [6.45, 7) is 3.33. The van der Waals surface area contributed by atoms with Gasteiger partial charge in [-0.3, -0.25) is 0 Å². The molecule has 0 aromatic carbocycles. The molecule has 2 heterocycles. The summed E-state index contributed by atoms with van der Waals surface area (Å²) in [7, 11) is 0. The van der Waals surface area contributed by atoms with Crippen molar-refractivity contribution in [2.45, 2.75) is 31.8 Å². The van der Waals surface area contributed by atoms with Gasteiger partial charge in [0.1, 0.15) is 0 Å². The molecule has 0 radical (unpaired) electrons. The Balaban J connectivity index is 1.72. The summed E-state index contributed by atoms with van der Waals surface area (Å²) >= 11 is 0. The molecule has 0 amide bonds. The zero-order valence-corrected chi connectivity index (χ0v) is 8.65. The zero-order valence-electron chi connectivity index (χ0n) is 8.65. The quantitative estimate of drug-likeness (QED) is 0.744. The van der Waals surface area contributed by atoms with Crippen LogP contribution in [0.5, 0.6) is 0 Å². The minimum Gasteiger partial charge on any atom is -0.393 e. The summed E-state index contributed by atoms with van der Waals surface area (Å²) in [6.07, 6.45) is 4.05. The van der Waals surface area contributed by atoms with Gasteiger partial charge in [-0.1, -0.05) is 0 Å². The smallest absolute Gasteiger partial charge is 0.0593 e. The molecule has 1 N–H and O–H groups in total. The molecule has 2 atom stereocenters. The minimum absolute atomic E-state index is 0.152. The van der Waals surface area contributed by atoms with Crippen LogP contribution in [0.3, 0.4) is 0 Å². The van der Waals surface area contributed by atoms with E-state index in [-0.39, 0.29) is 6.10 Å². The van der Waals surface area contributed by atoms with Gasteiger partial charge >= 0.3 is 0 Å². The first kappa shape index (κ1) is 10.4. The Morgan fingerprint density at radius 1 is 1.07 bits per heavy atom. The van der Waals surface area contributed by atoms with Gasteiger partial charge in [-0.15, -0.1) is 0 Å². The normalized spacial score (nSPS) is 31.9. The summed E-state index contributed by atoms with van der Waals surface area (Å²) in [6, 6.07) is 0. The lowest BCUT2D eigenvalue weighted by Gasteiger charge is -2.26. The van der Waals surface area contributed by atoms with E-state index in [1.807, 2.05) is 0 Å².